The molecule has 10 heteroatoms. The molecule has 0 saturated carbocycles. The summed E-state index contributed by atoms with van der Waals surface area (Å²) in [6, 6.07) is 14.1. The van der Waals surface area contributed by atoms with E-state index in [0.717, 1.165) is 61.5 Å². The van der Waals surface area contributed by atoms with Gasteiger partial charge in [0.25, 0.3) is 0 Å². The lowest BCUT2D eigenvalue weighted by molar-refractivity contribution is -0.610. The number of ketones is 1. The van der Waals surface area contributed by atoms with E-state index < -0.39 is 10.8 Å². The summed E-state index contributed by atoms with van der Waals surface area (Å²) in [4.78, 5) is 22.7. The molecule has 4 aromatic rings. The summed E-state index contributed by atoms with van der Waals surface area (Å²) < 4.78 is 7.71. The molecule has 0 radical (unpaired) electrons. The Morgan fingerprint density at radius 3 is 2.42 bits per heavy atom. The third-order valence-corrected chi connectivity index (χ3v) is 9.46. The molecule has 5 rings (SSSR count). The van der Waals surface area contributed by atoms with Crippen molar-refractivity contribution in [1.82, 2.24) is 9.97 Å². The maximum absolute atomic E-state index is 13.1. The van der Waals surface area contributed by atoms with E-state index in [4.69, 9.17) is 15.5 Å². The number of methoxy groups -OCH3 is 1. The molecule has 6 nitrogen and oxygen atoms in total. The van der Waals surface area contributed by atoms with Gasteiger partial charge < -0.3 is 22.9 Å². The Hall–Kier alpha value is -2.39. The molecule has 3 N–H and O–H groups in total. The van der Waals surface area contributed by atoms with Crippen LogP contribution in [0.2, 0.25) is 0 Å². The van der Waals surface area contributed by atoms with Crippen LogP contribution in [0.3, 0.4) is 0 Å². The molecule has 1 aliphatic carbocycles. The topological polar surface area (TPSA) is 84.9 Å². The fourth-order valence-electron chi connectivity index (χ4n) is 5.21. The lowest BCUT2D eigenvalue weighted by atomic mass is 9.80. The van der Waals surface area contributed by atoms with Gasteiger partial charge in [0.1, 0.15) is 17.0 Å². The standard InChI is InChI=1S/C28H31N4O2S2.2ClH/c1-16-23(15-35-36-18-9-7-8-17(29)12-18)32(11-10-24(16)34-6)26-30-21-13-19-20(14-22(21)31-26)28(4,5)25(33)27(19,2)3;;/h7-14H,15,29H2,1-6H3,(H,30,31);2*1H/q+1;;/p-1. The molecule has 2 aromatic heterocycles. The van der Waals surface area contributed by atoms with Crippen LogP contribution in [0, 0.1) is 6.92 Å². The Bertz CT molecular complexity index is 1460. The number of Topliss-reactive ketones (excluding diaryl/α,β-unsaturated/α-hetero) is 1. The van der Waals surface area contributed by atoms with Crippen molar-refractivity contribution in [3.05, 3.63) is 71.0 Å². The lowest BCUT2D eigenvalue weighted by Gasteiger charge is -2.21. The average Bonchev–Trinajstić information content (AvgIpc) is 3.31. The van der Waals surface area contributed by atoms with Gasteiger partial charge in [0, 0.05) is 33.0 Å². The number of rotatable bonds is 6. The number of aromatic nitrogens is 3. The number of fused-ring (bicyclic) bond motifs is 2. The van der Waals surface area contributed by atoms with Gasteiger partial charge in [0.2, 0.25) is 0 Å². The highest BCUT2D eigenvalue weighted by Gasteiger charge is 2.50. The number of nitrogens with two attached hydrogens (primary N) is 1. The van der Waals surface area contributed by atoms with Crippen molar-refractivity contribution in [3.63, 3.8) is 0 Å². The molecule has 202 valence electrons. The fourth-order valence-corrected chi connectivity index (χ4v) is 7.43. The molecular formula is C28H32Cl2N4O2S2. The molecule has 0 amide bonds. The van der Waals surface area contributed by atoms with Crippen LogP contribution < -0.4 is 27.4 Å². The Labute approximate surface area is 243 Å². The molecule has 1 aliphatic rings. The van der Waals surface area contributed by atoms with Crippen molar-refractivity contribution in [2.45, 2.75) is 56.1 Å². The van der Waals surface area contributed by atoms with Crippen molar-refractivity contribution < 1.29 is 26.5 Å². The molecule has 2 aromatic carbocycles. The Kier molecular flexibility index (Phi) is 8.73. The summed E-state index contributed by atoms with van der Waals surface area (Å²) in [5.41, 5.74) is 11.7. The van der Waals surface area contributed by atoms with E-state index in [1.807, 2.05) is 58.2 Å². The number of aromatic amines is 1. The largest absolute Gasteiger partial charge is 1.00 e. The lowest BCUT2D eigenvalue weighted by Crippen LogP contribution is -3.00. The van der Waals surface area contributed by atoms with Gasteiger partial charge in [-0.25, -0.2) is 9.55 Å². The third kappa shape index (κ3) is 4.99. The van der Waals surface area contributed by atoms with Gasteiger partial charge in [-0.15, -0.1) is 12.4 Å². The van der Waals surface area contributed by atoms with Crippen LogP contribution in [-0.4, -0.2) is 22.9 Å². The van der Waals surface area contributed by atoms with Gasteiger partial charge in [-0.05, 0) is 76.1 Å². The van der Waals surface area contributed by atoms with Crippen LogP contribution in [0.4, 0.5) is 5.69 Å². The van der Waals surface area contributed by atoms with Crippen LogP contribution in [-0.2, 0) is 21.4 Å². The molecule has 0 atom stereocenters. The number of nitrogen functional groups attached to an aromatic ring is 1. The first-order chi connectivity index (χ1) is 17.0. The van der Waals surface area contributed by atoms with Crippen LogP contribution in [0.25, 0.3) is 17.0 Å². The van der Waals surface area contributed by atoms with E-state index in [1.54, 1.807) is 28.7 Å². The van der Waals surface area contributed by atoms with Gasteiger partial charge in [-0.2, -0.15) is 0 Å². The molecule has 0 spiro atoms. The summed E-state index contributed by atoms with van der Waals surface area (Å²) in [6.07, 6.45) is 2.00. The first kappa shape index (κ1) is 30.2. The average molecular weight is 592 g/mol. The van der Waals surface area contributed by atoms with E-state index in [9.17, 15) is 4.79 Å². The summed E-state index contributed by atoms with van der Waals surface area (Å²) in [6.45, 7) is 10.1. The molecule has 0 saturated heterocycles. The zero-order chi connectivity index (χ0) is 25.8. The number of H-pyrrole nitrogens is 1. The van der Waals surface area contributed by atoms with E-state index >= 15 is 0 Å². The highest BCUT2D eigenvalue weighted by molar-refractivity contribution is 8.76. The summed E-state index contributed by atoms with van der Waals surface area (Å²) in [5.74, 6) is 2.57. The zero-order valence-electron chi connectivity index (χ0n) is 22.2. The van der Waals surface area contributed by atoms with Crippen LogP contribution in [0.1, 0.15) is 50.1 Å². The number of carbonyl (C=O) groups is 1. The minimum atomic E-state index is -0.532. The van der Waals surface area contributed by atoms with Gasteiger partial charge in [0.05, 0.1) is 19.1 Å². The molecule has 0 unspecified atom stereocenters. The van der Waals surface area contributed by atoms with Crippen LogP contribution in [0.5, 0.6) is 5.75 Å². The number of hydrogen-bond acceptors (Lipinski definition) is 6. The number of ether oxygens (including phenoxy) is 1. The van der Waals surface area contributed by atoms with Crippen LogP contribution in [0.15, 0.2) is 53.6 Å². The second-order valence-corrected chi connectivity index (χ2v) is 12.7. The second-order valence-electron chi connectivity index (χ2n) is 10.3. The van der Waals surface area contributed by atoms with Crippen LogP contribution >= 0.6 is 34.0 Å². The van der Waals surface area contributed by atoms with E-state index in [1.165, 1.54) is 0 Å². The SMILES string of the molecule is COc1cc[n+](-c2nc3cc4c(cc3[nH]2)C(C)(C)C(=O)C4(C)C)c(CSSc2cccc(N)c2)c1C.Cl.[Cl-]. The van der Waals surface area contributed by atoms with Crippen molar-refractivity contribution in [3.8, 4) is 11.7 Å². The number of imidazole rings is 1. The van der Waals surface area contributed by atoms with E-state index in [0.29, 0.717) is 0 Å². The number of benzene rings is 2. The number of halogens is 2. The summed E-state index contributed by atoms with van der Waals surface area (Å²) in [7, 11) is 5.13. The second kappa shape index (κ2) is 11.0. The number of hydrogen-bond donors (Lipinski definition) is 2. The Morgan fingerprint density at radius 2 is 1.76 bits per heavy atom. The molecule has 38 heavy (non-hydrogen) atoms. The normalized spacial score (nSPS) is 15.1. The number of carbonyl (C=O) groups excluding carboxylic acids is 1. The first-order valence-electron chi connectivity index (χ1n) is 11.9. The monoisotopic (exact) mass is 590 g/mol. The van der Waals surface area contributed by atoms with Gasteiger partial charge in [0.15, 0.2) is 11.3 Å². The number of nitrogens with zero attached hydrogens (tertiary/aromatic N) is 2. The smallest absolute Gasteiger partial charge is 0.402 e. The minimum absolute atomic E-state index is 0. The van der Waals surface area contributed by atoms with Gasteiger partial charge in [-0.1, -0.05) is 32.6 Å². The third-order valence-electron chi connectivity index (χ3n) is 7.22. The maximum atomic E-state index is 13.1. The predicted octanol–water partition coefficient (Wildman–Crippen LogP) is 3.24. The van der Waals surface area contributed by atoms with E-state index in [2.05, 4.69) is 34.7 Å². The summed E-state index contributed by atoms with van der Waals surface area (Å²) >= 11 is 0. The number of anilines is 1. The molecule has 2 heterocycles. The fraction of sp³-hybridized carbons (Fsp3) is 0.321. The molecule has 0 bridgehead atoms. The van der Waals surface area contributed by atoms with Gasteiger partial charge >= 0.3 is 5.95 Å². The molecule has 0 fully saturated rings. The van der Waals surface area contributed by atoms with Crippen molar-refractivity contribution in [1.29, 1.82) is 0 Å². The Balaban J connectivity index is 0.00000200. The van der Waals surface area contributed by atoms with Gasteiger partial charge in [-0.3, -0.25) is 4.79 Å². The zero-order valence-corrected chi connectivity index (χ0v) is 25.4. The minimum Gasteiger partial charge on any atom is -1.00 e. The molecule has 0 aliphatic heterocycles. The quantitative estimate of drug-likeness (QED) is 0.204. The van der Waals surface area contributed by atoms with E-state index in [-0.39, 0.29) is 30.6 Å². The number of nitrogens with one attached hydrogen (secondary N) is 1. The predicted molar refractivity (Wildman–Crippen MR) is 155 cm³/mol. The van der Waals surface area contributed by atoms with Crippen molar-refractivity contribution >= 4 is 56.5 Å². The highest BCUT2D eigenvalue weighted by Crippen LogP contribution is 2.47. The highest BCUT2D eigenvalue weighted by atomic mass is 35.5. The first-order valence-corrected chi connectivity index (χ1v) is 14.2. The van der Waals surface area contributed by atoms with Crippen molar-refractivity contribution in [2.75, 3.05) is 12.8 Å². The molecular weight excluding hydrogens is 559 g/mol. The number of pyridine rings is 1. The maximum Gasteiger partial charge on any atom is 0.402 e. The summed E-state index contributed by atoms with van der Waals surface area (Å²) in [5, 5.41) is 0. The van der Waals surface area contributed by atoms with Crippen molar-refractivity contribution in [2.24, 2.45) is 0 Å². The Morgan fingerprint density at radius 1 is 1.08 bits per heavy atom.